The molecule has 1 N–H and O–H groups in total. The van der Waals surface area contributed by atoms with Crippen molar-refractivity contribution in [3.63, 3.8) is 0 Å². The molecule has 0 saturated heterocycles. The van der Waals surface area contributed by atoms with E-state index in [0.717, 1.165) is 4.88 Å². The molecule has 72 valence electrons. The van der Waals surface area contributed by atoms with E-state index in [0.29, 0.717) is 17.4 Å². The van der Waals surface area contributed by atoms with Gasteiger partial charge in [-0.25, -0.2) is 4.98 Å². The predicted octanol–water partition coefficient (Wildman–Crippen LogP) is 2.20. The van der Waals surface area contributed by atoms with Crippen molar-refractivity contribution in [2.75, 3.05) is 5.32 Å². The Hall–Kier alpha value is -1.20. The average Bonchev–Trinajstić information content (AvgIpc) is 2.69. The zero-order valence-electron chi connectivity index (χ0n) is 7.14. The third-order valence-corrected chi connectivity index (χ3v) is 2.56. The fraction of sp³-hybridized carbons (Fsp3) is 0.125. The van der Waals surface area contributed by atoms with Gasteiger partial charge < -0.3 is 5.32 Å². The van der Waals surface area contributed by atoms with Crippen molar-refractivity contribution < 1.29 is 0 Å². The van der Waals surface area contributed by atoms with Gasteiger partial charge in [0.05, 0.1) is 22.6 Å². The standard InChI is InChI=1S/C8H7ClN4S/c9-7-2-1-3-10-8(7)11-4-6-5-12-13-14-6/h1-3,5H,4H2,(H,10,11). The summed E-state index contributed by atoms with van der Waals surface area (Å²) in [4.78, 5) is 5.15. The van der Waals surface area contributed by atoms with Gasteiger partial charge in [-0.3, -0.25) is 0 Å². The summed E-state index contributed by atoms with van der Waals surface area (Å²) in [7, 11) is 0. The van der Waals surface area contributed by atoms with E-state index in [1.807, 2.05) is 0 Å². The Bertz CT molecular complexity index is 403. The lowest BCUT2D eigenvalue weighted by Gasteiger charge is -2.03. The Morgan fingerprint density at radius 3 is 3.14 bits per heavy atom. The minimum Gasteiger partial charge on any atom is -0.364 e. The molecule has 2 aromatic rings. The van der Waals surface area contributed by atoms with Crippen molar-refractivity contribution in [1.29, 1.82) is 0 Å². The van der Waals surface area contributed by atoms with E-state index >= 15 is 0 Å². The van der Waals surface area contributed by atoms with Gasteiger partial charge >= 0.3 is 0 Å². The molecule has 0 saturated carbocycles. The average molecular weight is 227 g/mol. The van der Waals surface area contributed by atoms with E-state index in [4.69, 9.17) is 11.6 Å². The molecule has 2 aromatic heterocycles. The molecule has 0 radical (unpaired) electrons. The summed E-state index contributed by atoms with van der Waals surface area (Å²) < 4.78 is 3.76. The summed E-state index contributed by atoms with van der Waals surface area (Å²) in [5, 5.41) is 7.45. The lowest BCUT2D eigenvalue weighted by atomic mass is 10.4. The van der Waals surface area contributed by atoms with Gasteiger partial charge in [0.2, 0.25) is 0 Å². The molecule has 0 aliphatic heterocycles. The fourth-order valence-electron chi connectivity index (χ4n) is 0.952. The first-order valence-corrected chi connectivity index (χ1v) is 5.12. The topological polar surface area (TPSA) is 50.7 Å². The number of aromatic nitrogens is 3. The predicted molar refractivity (Wildman–Crippen MR) is 56.5 cm³/mol. The van der Waals surface area contributed by atoms with Crippen molar-refractivity contribution in [2.24, 2.45) is 0 Å². The maximum atomic E-state index is 5.91. The number of hydrogen-bond donors (Lipinski definition) is 1. The molecule has 2 rings (SSSR count). The summed E-state index contributed by atoms with van der Waals surface area (Å²) in [6, 6.07) is 3.59. The summed E-state index contributed by atoms with van der Waals surface area (Å²) in [6.45, 7) is 0.647. The number of anilines is 1. The fourth-order valence-corrected chi connectivity index (χ4v) is 1.57. The molecule has 14 heavy (non-hydrogen) atoms. The van der Waals surface area contributed by atoms with Crippen molar-refractivity contribution in [2.45, 2.75) is 6.54 Å². The van der Waals surface area contributed by atoms with E-state index < -0.39 is 0 Å². The highest BCUT2D eigenvalue weighted by atomic mass is 35.5. The van der Waals surface area contributed by atoms with Crippen LogP contribution in [-0.2, 0) is 6.54 Å². The van der Waals surface area contributed by atoms with Crippen LogP contribution in [0.5, 0.6) is 0 Å². The molecule has 4 nitrogen and oxygen atoms in total. The van der Waals surface area contributed by atoms with Gasteiger partial charge in [-0.15, -0.1) is 5.10 Å². The molecular formula is C8H7ClN4S. The number of hydrogen-bond acceptors (Lipinski definition) is 5. The number of halogens is 1. The normalized spacial score (nSPS) is 10.1. The molecule has 6 heteroatoms. The quantitative estimate of drug-likeness (QED) is 0.872. The molecule has 0 atom stereocenters. The Labute approximate surface area is 90.1 Å². The highest BCUT2D eigenvalue weighted by Gasteiger charge is 2.00. The van der Waals surface area contributed by atoms with Gasteiger partial charge in [0.25, 0.3) is 0 Å². The van der Waals surface area contributed by atoms with Crippen LogP contribution in [0.1, 0.15) is 4.88 Å². The monoisotopic (exact) mass is 226 g/mol. The minimum atomic E-state index is 0.616. The summed E-state index contributed by atoms with van der Waals surface area (Å²) >= 11 is 7.27. The lowest BCUT2D eigenvalue weighted by Crippen LogP contribution is -1.99. The molecule has 0 bridgehead atoms. The molecule has 0 fully saturated rings. The molecule has 0 unspecified atom stereocenters. The van der Waals surface area contributed by atoms with E-state index in [1.54, 1.807) is 24.5 Å². The van der Waals surface area contributed by atoms with Crippen LogP contribution < -0.4 is 5.32 Å². The number of pyridine rings is 1. The van der Waals surface area contributed by atoms with E-state index in [2.05, 4.69) is 19.9 Å². The van der Waals surface area contributed by atoms with Gasteiger partial charge in [0, 0.05) is 6.20 Å². The first kappa shape index (κ1) is 9.36. The molecule has 0 spiro atoms. The third kappa shape index (κ3) is 2.18. The molecule has 0 amide bonds. The van der Waals surface area contributed by atoms with Gasteiger partial charge in [0.15, 0.2) is 0 Å². The number of nitrogens with one attached hydrogen (secondary N) is 1. The second kappa shape index (κ2) is 4.34. The van der Waals surface area contributed by atoms with E-state index in [-0.39, 0.29) is 0 Å². The Morgan fingerprint density at radius 1 is 1.50 bits per heavy atom. The van der Waals surface area contributed by atoms with Crippen LogP contribution in [0.25, 0.3) is 0 Å². The molecule has 0 aromatic carbocycles. The highest BCUT2D eigenvalue weighted by Crippen LogP contribution is 2.18. The smallest absolute Gasteiger partial charge is 0.145 e. The van der Waals surface area contributed by atoms with Gasteiger partial charge in [-0.1, -0.05) is 16.1 Å². The van der Waals surface area contributed by atoms with Crippen LogP contribution in [0.4, 0.5) is 5.82 Å². The van der Waals surface area contributed by atoms with Crippen molar-refractivity contribution in [1.82, 2.24) is 14.6 Å². The highest BCUT2D eigenvalue weighted by molar-refractivity contribution is 7.05. The van der Waals surface area contributed by atoms with Crippen LogP contribution in [-0.4, -0.2) is 14.6 Å². The maximum absolute atomic E-state index is 5.91. The summed E-state index contributed by atoms with van der Waals surface area (Å²) in [5.74, 6) is 0.683. The first-order valence-electron chi connectivity index (χ1n) is 3.97. The third-order valence-electron chi connectivity index (χ3n) is 1.60. The van der Waals surface area contributed by atoms with Crippen molar-refractivity contribution >= 4 is 29.0 Å². The second-order valence-electron chi connectivity index (χ2n) is 2.57. The van der Waals surface area contributed by atoms with Crippen LogP contribution in [0.3, 0.4) is 0 Å². The largest absolute Gasteiger partial charge is 0.364 e. The van der Waals surface area contributed by atoms with Gasteiger partial charge in [-0.2, -0.15) is 0 Å². The van der Waals surface area contributed by atoms with Crippen LogP contribution in [0, 0.1) is 0 Å². The lowest BCUT2D eigenvalue weighted by molar-refractivity contribution is 1.11. The number of rotatable bonds is 3. The summed E-state index contributed by atoms with van der Waals surface area (Å²) in [6.07, 6.45) is 3.41. The molecule has 0 aliphatic carbocycles. The Balaban J connectivity index is 2.02. The molecule has 0 aliphatic rings. The van der Waals surface area contributed by atoms with Crippen LogP contribution >= 0.6 is 23.1 Å². The van der Waals surface area contributed by atoms with Crippen molar-refractivity contribution in [3.8, 4) is 0 Å². The SMILES string of the molecule is Clc1cccnc1NCc1cnns1. The Kier molecular flexibility index (Phi) is 2.90. The zero-order chi connectivity index (χ0) is 9.80. The van der Waals surface area contributed by atoms with E-state index in [9.17, 15) is 0 Å². The second-order valence-corrected chi connectivity index (χ2v) is 3.85. The Morgan fingerprint density at radius 2 is 2.43 bits per heavy atom. The minimum absolute atomic E-state index is 0.616. The number of nitrogens with zero attached hydrogens (tertiary/aromatic N) is 3. The zero-order valence-corrected chi connectivity index (χ0v) is 8.72. The van der Waals surface area contributed by atoms with E-state index in [1.165, 1.54) is 11.5 Å². The van der Waals surface area contributed by atoms with Crippen molar-refractivity contribution in [3.05, 3.63) is 34.4 Å². The molecule has 2 heterocycles. The molecular weight excluding hydrogens is 220 g/mol. The summed E-state index contributed by atoms with van der Waals surface area (Å²) in [5.41, 5.74) is 0. The van der Waals surface area contributed by atoms with Gasteiger partial charge in [-0.05, 0) is 23.7 Å². The maximum Gasteiger partial charge on any atom is 0.145 e. The van der Waals surface area contributed by atoms with Crippen LogP contribution in [0.15, 0.2) is 24.5 Å². The van der Waals surface area contributed by atoms with Gasteiger partial charge in [0.1, 0.15) is 5.82 Å². The van der Waals surface area contributed by atoms with Crippen LogP contribution in [0.2, 0.25) is 5.02 Å². The first-order chi connectivity index (χ1) is 6.86.